The third-order valence-electron chi connectivity index (χ3n) is 4.72. The van der Waals surface area contributed by atoms with E-state index in [1.54, 1.807) is 0 Å². The van der Waals surface area contributed by atoms with E-state index in [2.05, 4.69) is 15.3 Å². The van der Waals surface area contributed by atoms with E-state index < -0.39 is 5.54 Å². The molecule has 1 fully saturated rings. The Morgan fingerprint density at radius 1 is 1.19 bits per heavy atom. The van der Waals surface area contributed by atoms with Crippen molar-refractivity contribution in [3.05, 3.63) is 47.5 Å². The number of aromatic amines is 1. The molecule has 0 spiro atoms. The van der Waals surface area contributed by atoms with Crippen LogP contribution in [0.2, 0.25) is 5.02 Å². The van der Waals surface area contributed by atoms with Gasteiger partial charge in [0.05, 0.1) is 10.5 Å². The average Bonchev–Trinajstić information content (AvgIpc) is 3.09. The molecule has 2 heterocycles. The summed E-state index contributed by atoms with van der Waals surface area (Å²) >= 11 is 6.18. The van der Waals surface area contributed by atoms with Crippen molar-refractivity contribution in [1.29, 1.82) is 0 Å². The number of carbonyl (C=O) groups is 1. The first-order valence-corrected chi connectivity index (χ1v) is 8.86. The highest BCUT2D eigenvalue weighted by molar-refractivity contribution is 6.35. The molecular formula is C19H19ClN4O2. The maximum Gasteiger partial charge on any atom is 0.244 e. The number of nitrogens with one attached hydrogen (secondary N) is 2. The number of hydrogen-bond acceptors (Lipinski definition) is 4. The number of nitrogens with zero attached hydrogens (tertiary/aromatic N) is 1. The van der Waals surface area contributed by atoms with Gasteiger partial charge in [-0.15, -0.1) is 0 Å². The van der Waals surface area contributed by atoms with Crippen molar-refractivity contribution >= 4 is 34.2 Å². The molecule has 0 unspecified atom stereocenters. The van der Waals surface area contributed by atoms with Crippen molar-refractivity contribution in [1.82, 2.24) is 9.97 Å². The molecule has 0 bridgehead atoms. The molecule has 4 N–H and O–H groups in total. The van der Waals surface area contributed by atoms with Gasteiger partial charge in [0, 0.05) is 24.5 Å². The van der Waals surface area contributed by atoms with Crippen LogP contribution in [-0.2, 0) is 9.53 Å². The lowest BCUT2D eigenvalue weighted by molar-refractivity contribution is -0.124. The molecule has 0 saturated carbocycles. The summed E-state index contributed by atoms with van der Waals surface area (Å²) in [4.78, 5) is 20.3. The van der Waals surface area contributed by atoms with Crippen molar-refractivity contribution in [2.24, 2.45) is 5.73 Å². The van der Waals surface area contributed by atoms with Crippen LogP contribution in [0, 0.1) is 0 Å². The van der Waals surface area contributed by atoms with Crippen molar-refractivity contribution < 1.29 is 9.53 Å². The molecule has 0 atom stereocenters. The molecular weight excluding hydrogens is 352 g/mol. The van der Waals surface area contributed by atoms with Gasteiger partial charge in [0.15, 0.2) is 0 Å². The smallest absolute Gasteiger partial charge is 0.244 e. The highest BCUT2D eigenvalue weighted by Crippen LogP contribution is 2.27. The molecule has 3 aromatic rings. The topological polar surface area (TPSA) is 93.0 Å². The number of carbonyl (C=O) groups excluding carboxylic acids is 1. The number of ether oxygens (including phenoxy) is 1. The quantitative estimate of drug-likeness (QED) is 0.659. The summed E-state index contributed by atoms with van der Waals surface area (Å²) in [5.74, 6) is 0.551. The Kier molecular flexibility index (Phi) is 4.40. The van der Waals surface area contributed by atoms with Crippen LogP contribution in [0.15, 0.2) is 42.5 Å². The fourth-order valence-corrected chi connectivity index (χ4v) is 3.28. The minimum absolute atomic E-state index is 0.177. The number of amides is 1. The Bertz CT molecular complexity index is 946. The first kappa shape index (κ1) is 17.0. The number of benzene rings is 2. The Hall–Kier alpha value is -2.41. The fourth-order valence-electron chi connectivity index (χ4n) is 3.06. The van der Waals surface area contributed by atoms with Gasteiger partial charge in [-0.1, -0.05) is 17.7 Å². The zero-order valence-electron chi connectivity index (χ0n) is 14.1. The maximum absolute atomic E-state index is 12.5. The van der Waals surface area contributed by atoms with E-state index in [0.717, 1.165) is 22.4 Å². The van der Waals surface area contributed by atoms with Gasteiger partial charge in [-0.2, -0.15) is 0 Å². The minimum atomic E-state index is -0.869. The highest BCUT2D eigenvalue weighted by Gasteiger charge is 2.35. The van der Waals surface area contributed by atoms with Gasteiger partial charge in [-0.25, -0.2) is 4.98 Å². The van der Waals surface area contributed by atoms with Gasteiger partial charge in [-0.3, -0.25) is 4.79 Å². The summed E-state index contributed by atoms with van der Waals surface area (Å²) in [6.07, 6.45) is 1.05. The molecule has 6 nitrogen and oxygen atoms in total. The van der Waals surface area contributed by atoms with Crippen LogP contribution in [0.5, 0.6) is 0 Å². The van der Waals surface area contributed by atoms with Gasteiger partial charge >= 0.3 is 0 Å². The number of rotatable bonds is 3. The molecule has 1 aliphatic heterocycles. The van der Waals surface area contributed by atoms with Gasteiger partial charge in [0.1, 0.15) is 16.9 Å². The summed E-state index contributed by atoms with van der Waals surface area (Å²) in [7, 11) is 0. The van der Waals surface area contributed by atoms with Crippen LogP contribution < -0.4 is 11.1 Å². The van der Waals surface area contributed by atoms with Gasteiger partial charge in [0.25, 0.3) is 0 Å². The lowest BCUT2D eigenvalue weighted by atomic mass is 9.90. The number of imidazole rings is 1. The molecule has 26 heavy (non-hydrogen) atoms. The third kappa shape index (κ3) is 3.19. The highest BCUT2D eigenvalue weighted by atomic mass is 35.5. The maximum atomic E-state index is 12.5. The van der Waals surface area contributed by atoms with Crippen LogP contribution in [0.4, 0.5) is 5.69 Å². The fraction of sp³-hybridized carbons (Fsp3) is 0.263. The second kappa shape index (κ2) is 6.72. The predicted molar refractivity (Wildman–Crippen MR) is 102 cm³/mol. The number of hydrogen-bond donors (Lipinski definition) is 3. The van der Waals surface area contributed by atoms with Gasteiger partial charge in [0.2, 0.25) is 5.91 Å². The summed E-state index contributed by atoms with van der Waals surface area (Å²) in [6, 6.07) is 13.1. The van der Waals surface area contributed by atoms with Crippen molar-refractivity contribution in [2.45, 2.75) is 18.4 Å². The molecule has 2 aromatic carbocycles. The second-order valence-electron chi connectivity index (χ2n) is 6.52. The Labute approximate surface area is 155 Å². The molecule has 0 radical (unpaired) electrons. The number of nitrogens with two attached hydrogens (primary N) is 1. The first-order chi connectivity index (χ1) is 12.5. The van der Waals surface area contributed by atoms with E-state index in [1.165, 1.54) is 0 Å². The molecule has 4 rings (SSSR count). The van der Waals surface area contributed by atoms with Crippen LogP contribution in [0.1, 0.15) is 12.8 Å². The van der Waals surface area contributed by atoms with E-state index in [9.17, 15) is 4.79 Å². The molecule has 1 saturated heterocycles. The van der Waals surface area contributed by atoms with Crippen molar-refractivity contribution in [2.75, 3.05) is 18.5 Å². The van der Waals surface area contributed by atoms with E-state index >= 15 is 0 Å². The third-order valence-corrected chi connectivity index (χ3v) is 5.02. The molecule has 134 valence electrons. The summed E-state index contributed by atoms with van der Waals surface area (Å²) < 4.78 is 5.28. The molecule has 0 aliphatic carbocycles. The van der Waals surface area contributed by atoms with E-state index in [4.69, 9.17) is 22.1 Å². The van der Waals surface area contributed by atoms with Gasteiger partial charge < -0.3 is 20.8 Å². The predicted octanol–water partition coefficient (Wildman–Crippen LogP) is 3.33. The summed E-state index contributed by atoms with van der Waals surface area (Å²) in [5, 5.41) is 3.51. The van der Waals surface area contributed by atoms with Crippen LogP contribution in [0.25, 0.3) is 22.4 Å². The number of para-hydroxylation sites is 1. The molecule has 1 aromatic heterocycles. The first-order valence-electron chi connectivity index (χ1n) is 8.48. The molecule has 1 aliphatic rings. The zero-order valence-corrected chi connectivity index (χ0v) is 14.8. The molecule has 7 heteroatoms. The SMILES string of the molecule is NC1(C(=O)Nc2ccc(-c3nc4c(Cl)cccc4[nH]3)cc2)CCOCC1. The summed E-state index contributed by atoms with van der Waals surface area (Å²) in [6.45, 7) is 1.02. The Morgan fingerprint density at radius 2 is 1.92 bits per heavy atom. The Balaban J connectivity index is 1.52. The number of fused-ring (bicyclic) bond motifs is 1. The lowest BCUT2D eigenvalue weighted by Crippen LogP contribution is -2.54. The van der Waals surface area contributed by atoms with Crippen molar-refractivity contribution in [3.63, 3.8) is 0 Å². The number of halogens is 1. The van der Waals surface area contributed by atoms with E-state index in [-0.39, 0.29) is 5.91 Å². The van der Waals surface area contributed by atoms with E-state index in [1.807, 2.05) is 42.5 Å². The number of H-pyrrole nitrogens is 1. The lowest BCUT2D eigenvalue weighted by Gasteiger charge is -2.31. The number of anilines is 1. The standard InChI is InChI=1S/C19H19ClN4O2/c20-14-2-1-3-15-16(14)24-17(23-15)12-4-6-13(7-5-12)22-18(25)19(21)8-10-26-11-9-19/h1-7H,8-11,21H2,(H,22,25)(H,23,24). The normalized spacial score (nSPS) is 16.5. The zero-order chi connectivity index (χ0) is 18.1. The largest absolute Gasteiger partial charge is 0.381 e. The number of aromatic nitrogens is 2. The van der Waals surface area contributed by atoms with E-state index in [0.29, 0.717) is 36.8 Å². The molecule has 1 amide bonds. The van der Waals surface area contributed by atoms with Gasteiger partial charge in [-0.05, 0) is 49.2 Å². The average molecular weight is 371 g/mol. The van der Waals surface area contributed by atoms with Crippen LogP contribution in [0.3, 0.4) is 0 Å². The summed E-state index contributed by atoms with van der Waals surface area (Å²) in [5.41, 5.74) is 8.57. The Morgan fingerprint density at radius 3 is 2.62 bits per heavy atom. The monoisotopic (exact) mass is 370 g/mol. The minimum Gasteiger partial charge on any atom is -0.381 e. The van der Waals surface area contributed by atoms with Crippen LogP contribution >= 0.6 is 11.6 Å². The van der Waals surface area contributed by atoms with Crippen molar-refractivity contribution in [3.8, 4) is 11.4 Å². The van der Waals surface area contributed by atoms with Crippen LogP contribution in [-0.4, -0.2) is 34.6 Å². The second-order valence-corrected chi connectivity index (χ2v) is 6.93.